The van der Waals surface area contributed by atoms with Gasteiger partial charge in [-0.1, -0.05) is 32.0 Å². The van der Waals surface area contributed by atoms with Gasteiger partial charge in [0.05, 0.1) is 0 Å². The minimum absolute atomic E-state index is 0.0227. The van der Waals surface area contributed by atoms with Gasteiger partial charge >= 0.3 is 6.03 Å². The number of amides is 2. The fourth-order valence-electron chi connectivity index (χ4n) is 2.60. The Labute approximate surface area is 121 Å². The SMILES string of the molecule is CCc1ccccc1OCNC(=O)N1CCCC(C)C1. The van der Waals surface area contributed by atoms with Crippen LogP contribution >= 0.6 is 0 Å². The monoisotopic (exact) mass is 276 g/mol. The minimum atomic E-state index is -0.0227. The van der Waals surface area contributed by atoms with Crippen molar-refractivity contribution in [1.29, 1.82) is 0 Å². The van der Waals surface area contributed by atoms with Crippen LogP contribution in [0.2, 0.25) is 0 Å². The molecule has 1 N–H and O–H groups in total. The normalized spacial score (nSPS) is 18.7. The third kappa shape index (κ3) is 3.89. The van der Waals surface area contributed by atoms with Crippen molar-refractivity contribution in [2.45, 2.75) is 33.1 Å². The second kappa shape index (κ2) is 7.17. The molecule has 0 aliphatic carbocycles. The first kappa shape index (κ1) is 14.7. The number of piperidine rings is 1. The highest BCUT2D eigenvalue weighted by molar-refractivity contribution is 5.74. The molecule has 1 aliphatic heterocycles. The number of nitrogens with zero attached hydrogens (tertiary/aromatic N) is 1. The number of ether oxygens (including phenoxy) is 1. The van der Waals surface area contributed by atoms with E-state index in [1.807, 2.05) is 29.2 Å². The fraction of sp³-hybridized carbons (Fsp3) is 0.562. The summed E-state index contributed by atoms with van der Waals surface area (Å²) < 4.78 is 5.66. The Morgan fingerprint density at radius 1 is 1.45 bits per heavy atom. The van der Waals surface area contributed by atoms with Crippen molar-refractivity contribution >= 4 is 6.03 Å². The zero-order valence-corrected chi connectivity index (χ0v) is 12.4. The topological polar surface area (TPSA) is 41.6 Å². The van der Waals surface area contributed by atoms with Gasteiger partial charge in [0.2, 0.25) is 0 Å². The molecule has 20 heavy (non-hydrogen) atoms. The average Bonchev–Trinajstić information content (AvgIpc) is 2.47. The molecule has 1 aromatic rings. The Hall–Kier alpha value is -1.71. The number of likely N-dealkylation sites (tertiary alicyclic amines) is 1. The molecule has 1 heterocycles. The Morgan fingerprint density at radius 2 is 2.25 bits per heavy atom. The molecule has 1 aliphatic rings. The number of urea groups is 1. The largest absolute Gasteiger partial charge is 0.473 e. The summed E-state index contributed by atoms with van der Waals surface area (Å²) in [6, 6.07) is 7.91. The van der Waals surface area contributed by atoms with Gasteiger partial charge in [-0.25, -0.2) is 4.79 Å². The number of hydrogen-bond donors (Lipinski definition) is 1. The predicted octanol–water partition coefficient (Wildman–Crippen LogP) is 3.03. The minimum Gasteiger partial charge on any atom is -0.473 e. The zero-order valence-electron chi connectivity index (χ0n) is 12.4. The number of aryl methyl sites for hydroxylation is 1. The van der Waals surface area contributed by atoms with Crippen LogP contribution in [0.25, 0.3) is 0 Å². The van der Waals surface area contributed by atoms with E-state index in [4.69, 9.17) is 4.74 Å². The summed E-state index contributed by atoms with van der Waals surface area (Å²) in [5.74, 6) is 1.44. The number of carbonyl (C=O) groups is 1. The van der Waals surface area contributed by atoms with Crippen molar-refractivity contribution in [3.63, 3.8) is 0 Å². The number of rotatable bonds is 4. The lowest BCUT2D eigenvalue weighted by Crippen LogP contribution is -2.46. The van der Waals surface area contributed by atoms with Gasteiger partial charge in [-0.15, -0.1) is 0 Å². The third-order valence-electron chi connectivity index (χ3n) is 3.75. The van der Waals surface area contributed by atoms with Crippen LogP contribution in [0.5, 0.6) is 5.75 Å². The maximum atomic E-state index is 12.0. The summed E-state index contributed by atoms with van der Waals surface area (Å²) >= 11 is 0. The van der Waals surface area contributed by atoms with E-state index in [0.29, 0.717) is 5.92 Å². The van der Waals surface area contributed by atoms with E-state index in [1.165, 1.54) is 6.42 Å². The first-order chi connectivity index (χ1) is 9.70. The summed E-state index contributed by atoms with van der Waals surface area (Å²) in [5, 5.41) is 2.84. The van der Waals surface area contributed by atoms with Crippen LogP contribution in [-0.2, 0) is 6.42 Å². The van der Waals surface area contributed by atoms with Gasteiger partial charge in [0, 0.05) is 13.1 Å². The van der Waals surface area contributed by atoms with Gasteiger partial charge in [0.1, 0.15) is 5.75 Å². The summed E-state index contributed by atoms with van der Waals surface area (Å²) in [5.41, 5.74) is 1.16. The molecular formula is C16H24N2O2. The number of carbonyl (C=O) groups excluding carboxylic acids is 1. The van der Waals surface area contributed by atoms with Crippen LogP contribution in [-0.4, -0.2) is 30.8 Å². The molecule has 0 bridgehead atoms. The molecule has 2 rings (SSSR count). The van der Waals surface area contributed by atoms with Crippen molar-refractivity contribution in [2.24, 2.45) is 5.92 Å². The lowest BCUT2D eigenvalue weighted by molar-refractivity contribution is 0.160. The zero-order chi connectivity index (χ0) is 14.4. The van der Waals surface area contributed by atoms with E-state index in [0.717, 1.165) is 37.2 Å². The molecule has 1 atom stereocenters. The van der Waals surface area contributed by atoms with Crippen molar-refractivity contribution in [3.8, 4) is 5.75 Å². The second-order valence-electron chi connectivity index (χ2n) is 5.43. The molecule has 2 amide bonds. The Balaban J connectivity index is 1.79. The van der Waals surface area contributed by atoms with E-state index in [1.54, 1.807) is 0 Å². The smallest absolute Gasteiger partial charge is 0.320 e. The van der Waals surface area contributed by atoms with Crippen molar-refractivity contribution in [1.82, 2.24) is 10.2 Å². The van der Waals surface area contributed by atoms with E-state index in [2.05, 4.69) is 19.2 Å². The maximum absolute atomic E-state index is 12.0. The highest BCUT2D eigenvalue weighted by Crippen LogP contribution is 2.18. The summed E-state index contributed by atoms with van der Waals surface area (Å²) in [4.78, 5) is 13.9. The second-order valence-corrected chi connectivity index (χ2v) is 5.43. The first-order valence-electron chi connectivity index (χ1n) is 7.44. The molecule has 0 aromatic heterocycles. The Kier molecular flexibility index (Phi) is 5.27. The number of nitrogens with one attached hydrogen (secondary N) is 1. The fourth-order valence-corrected chi connectivity index (χ4v) is 2.60. The molecule has 1 saturated heterocycles. The van der Waals surface area contributed by atoms with E-state index < -0.39 is 0 Å². The van der Waals surface area contributed by atoms with Gasteiger partial charge in [0.25, 0.3) is 0 Å². The molecule has 0 spiro atoms. The number of para-hydroxylation sites is 1. The molecule has 1 fully saturated rings. The van der Waals surface area contributed by atoms with Crippen LogP contribution in [0.15, 0.2) is 24.3 Å². The molecule has 110 valence electrons. The van der Waals surface area contributed by atoms with Crippen molar-refractivity contribution in [3.05, 3.63) is 29.8 Å². The predicted molar refractivity (Wildman–Crippen MR) is 79.8 cm³/mol. The van der Waals surface area contributed by atoms with Crippen LogP contribution in [0, 0.1) is 5.92 Å². The van der Waals surface area contributed by atoms with Gasteiger partial charge < -0.3 is 15.0 Å². The van der Waals surface area contributed by atoms with Gasteiger partial charge in [-0.2, -0.15) is 0 Å². The molecule has 0 radical (unpaired) electrons. The summed E-state index contributed by atoms with van der Waals surface area (Å²) in [6.07, 6.45) is 3.23. The molecular weight excluding hydrogens is 252 g/mol. The molecule has 4 nitrogen and oxygen atoms in total. The average molecular weight is 276 g/mol. The van der Waals surface area contributed by atoms with Gasteiger partial charge in [-0.05, 0) is 36.8 Å². The maximum Gasteiger partial charge on any atom is 0.320 e. The molecule has 4 heteroatoms. The van der Waals surface area contributed by atoms with Crippen LogP contribution in [0.3, 0.4) is 0 Å². The van der Waals surface area contributed by atoms with Crippen LogP contribution < -0.4 is 10.1 Å². The van der Waals surface area contributed by atoms with Crippen molar-refractivity contribution in [2.75, 3.05) is 19.8 Å². The molecule has 1 unspecified atom stereocenters. The molecule has 1 aromatic carbocycles. The number of benzene rings is 1. The highest BCUT2D eigenvalue weighted by atomic mass is 16.5. The molecule has 0 saturated carbocycles. The van der Waals surface area contributed by atoms with Crippen molar-refractivity contribution < 1.29 is 9.53 Å². The third-order valence-corrected chi connectivity index (χ3v) is 3.75. The van der Waals surface area contributed by atoms with Crippen LogP contribution in [0.4, 0.5) is 4.79 Å². The van der Waals surface area contributed by atoms with E-state index in [9.17, 15) is 4.79 Å². The lowest BCUT2D eigenvalue weighted by atomic mass is 10.0. The quantitative estimate of drug-likeness (QED) is 0.859. The van der Waals surface area contributed by atoms with E-state index in [-0.39, 0.29) is 12.8 Å². The highest BCUT2D eigenvalue weighted by Gasteiger charge is 2.20. The standard InChI is InChI=1S/C16H24N2O2/c1-3-14-8-4-5-9-15(14)20-12-17-16(19)18-10-6-7-13(2)11-18/h4-5,8-9,13H,3,6-7,10-12H2,1-2H3,(H,17,19). The van der Waals surface area contributed by atoms with Crippen LogP contribution in [0.1, 0.15) is 32.3 Å². The van der Waals surface area contributed by atoms with Gasteiger partial charge in [0.15, 0.2) is 6.73 Å². The summed E-state index contributed by atoms with van der Waals surface area (Å²) in [6.45, 7) is 6.20. The Morgan fingerprint density at radius 3 is 3.00 bits per heavy atom. The summed E-state index contributed by atoms with van der Waals surface area (Å²) in [7, 11) is 0. The lowest BCUT2D eigenvalue weighted by Gasteiger charge is -2.30. The van der Waals surface area contributed by atoms with E-state index >= 15 is 0 Å². The Bertz CT molecular complexity index is 448. The number of hydrogen-bond acceptors (Lipinski definition) is 2. The first-order valence-corrected chi connectivity index (χ1v) is 7.44. The van der Waals surface area contributed by atoms with Gasteiger partial charge in [-0.3, -0.25) is 0 Å².